The van der Waals surface area contributed by atoms with Crippen LogP contribution in [-0.4, -0.2) is 42.6 Å². The molecule has 0 amide bonds. The molecule has 5 nitrogen and oxygen atoms in total. The fraction of sp³-hybridized carbons (Fsp3) is 0.441. The molecule has 4 fully saturated rings. The average molecular weight is 703 g/mol. The molecule has 0 aliphatic heterocycles. The Morgan fingerprint density at radius 1 is 0.660 bits per heavy atom. The molecule has 4 aliphatic rings. The number of esters is 1. The van der Waals surface area contributed by atoms with Crippen molar-refractivity contribution in [1.29, 1.82) is 0 Å². The standard InChI is InChI=1S/C18H15S.C10H16.C6H6F6O5S/c1-4-10-16(11-5-1)19(17-12-6-2-7-13-17)18-14-8-3-9-15-18;1-7-2-9-4-8(1)5-10(3-7)6-9;1-3(13)17-4(5(7,8)9,6(10,11)12)2-18(14,15)16/h1-15H;7-10H,1-6H2;2H2,1H3,(H,14,15,16)/q+1;;/p-1. The Morgan fingerprint density at radius 3 is 1.15 bits per heavy atom. The van der Waals surface area contributed by atoms with Crippen LogP contribution >= 0.6 is 0 Å². The summed E-state index contributed by atoms with van der Waals surface area (Å²) in [4.78, 5) is 14.4. The van der Waals surface area contributed by atoms with Gasteiger partial charge < -0.3 is 9.29 Å². The van der Waals surface area contributed by atoms with Gasteiger partial charge in [0, 0.05) is 6.92 Å². The first-order valence-electron chi connectivity index (χ1n) is 15.1. The quantitative estimate of drug-likeness (QED) is 0.111. The highest BCUT2D eigenvalue weighted by Crippen LogP contribution is 2.53. The van der Waals surface area contributed by atoms with Crippen molar-refractivity contribution in [1.82, 2.24) is 0 Å². The lowest BCUT2D eigenvalue weighted by molar-refractivity contribution is -0.361. The highest BCUT2D eigenvalue weighted by molar-refractivity contribution is 7.97. The van der Waals surface area contributed by atoms with Crippen molar-refractivity contribution in [2.24, 2.45) is 23.7 Å². The highest BCUT2D eigenvalue weighted by Gasteiger charge is 2.74. The van der Waals surface area contributed by atoms with Gasteiger partial charge in [0.2, 0.25) is 0 Å². The van der Waals surface area contributed by atoms with Gasteiger partial charge in [-0.05, 0) is 98.6 Å². The lowest BCUT2D eigenvalue weighted by Crippen LogP contribution is -2.63. The molecule has 0 aromatic heterocycles. The van der Waals surface area contributed by atoms with E-state index in [0.29, 0.717) is 0 Å². The van der Waals surface area contributed by atoms with Crippen LogP contribution in [0, 0.1) is 23.7 Å². The summed E-state index contributed by atoms with van der Waals surface area (Å²) in [6.07, 6.45) is -3.00. The first-order valence-corrected chi connectivity index (χ1v) is 17.9. The largest absolute Gasteiger partial charge is 0.748 e. The lowest BCUT2D eigenvalue weighted by atomic mass is 9.56. The summed E-state index contributed by atoms with van der Waals surface area (Å²) >= 11 is 0. The molecule has 256 valence electrons. The van der Waals surface area contributed by atoms with Crippen molar-refractivity contribution in [2.75, 3.05) is 5.75 Å². The Labute approximate surface area is 273 Å². The molecule has 13 heteroatoms. The van der Waals surface area contributed by atoms with E-state index < -0.39 is 39.8 Å². The topological polar surface area (TPSA) is 83.5 Å². The Balaban J connectivity index is 0.000000166. The molecular formula is C34H36F6O5S2. The van der Waals surface area contributed by atoms with Gasteiger partial charge in [-0.2, -0.15) is 26.3 Å². The fourth-order valence-corrected chi connectivity index (χ4v) is 10.0. The van der Waals surface area contributed by atoms with Gasteiger partial charge >= 0.3 is 23.9 Å². The zero-order valence-corrected chi connectivity index (χ0v) is 27.2. The van der Waals surface area contributed by atoms with Gasteiger partial charge in [0.05, 0.1) is 26.8 Å². The van der Waals surface area contributed by atoms with Crippen LogP contribution in [0.15, 0.2) is 106 Å². The van der Waals surface area contributed by atoms with Crippen LogP contribution in [0.25, 0.3) is 0 Å². The van der Waals surface area contributed by atoms with Crippen LogP contribution in [0.2, 0.25) is 0 Å². The number of benzene rings is 3. The van der Waals surface area contributed by atoms with Crippen molar-refractivity contribution in [3.05, 3.63) is 91.0 Å². The number of ether oxygens (including phenoxy) is 1. The van der Waals surface area contributed by atoms with Gasteiger partial charge in [-0.1, -0.05) is 54.6 Å². The van der Waals surface area contributed by atoms with E-state index in [1.54, 1.807) is 38.5 Å². The van der Waals surface area contributed by atoms with E-state index in [0.717, 1.165) is 0 Å². The van der Waals surface area contributed by atoms with Crippen molar-refractivity contribution >= 4 is 27.0 Å². The molecule has 3 aromatic carbocycles. The maximum Gasteiger partial charge on any atom is 0.438 e. The summed E-state index contributed by atoms with van der Waals surface area (Å²) in [5.74, 6) is -0.305. The van der Waals surface area contributed by atoms with E-state index in [2.05, 4.69) is 95.7 Å². The molecule has 0 atom stereocenters. The summed E-state index contributed by atoms with van der Waals surface area (Å²) in [5, 5.41) is 0. The zero-order chi connectivity index (χ0) is 34.5. The second-order valence-electron chi connectivity index (χ2n) is 12.2. The van der Waals surface area contributed by atoms with Gasteiger partial charge in [0.25, 0.3) is 0 Å². The number of halogens is 6. The molecule has 0 spiro atoms. The third-order valence-electron chi connectivity index (χ3n) is 8.55. The maximum absolute atomic E-state index is 12.4. The van der Waals surface area contributed by atoms with E-state index in [9.17, 15) is 44.1 Å². The van der Waals surface area contributed by atoms with E-state index in [1.165, 1.54) is 38.4 Å². The second kappa shape index (κ2) is 15.0. The monoisotopic (exact) mass is 702 g/mol. The average Bonchev–Trinajstić information content (AvgIpc) is 2.97. The number of carbonyl (C=O) groups is 1. The first-order chi connectivity index (χ1) is 22.0. The summed E-state index contributed by atoms with van der Waals surface area (Å²) in [6.45, 7) is 0.212. The Bertz CT molecular complexity index is 1380. The molecule has 0 unspecified atom stereocenters. The summed E-state index contributed by atoms with van der Waals surface area (Å²) in [5.41, 5.74) is -5.37. The molecule has 4 bridgehead atoms. The van der Waals surface area contributed by atoms with Crippen molar-refractivity contribution in [2.45, 2.75) is 78.1 Å². The maximum atomic E-state index is 12.4. The molecule has 0 saturated heterocycles. The molecule has 0 heterocycles. The molecule has 7 rings (SSSR count). The smallest absolute Gasteiger partial charge is 0.438 e. The fourth-order valence-electron chi connectivity index (χ4n) is 7.02. The minimum absolute atomic E-state index is 0.0146. The van der Waals surface area contributed by atoms with E-state index >= 15 is 0 Å². The van der Waals surface area contributed by atoms with Gasteiger partial charge in [0.15, 0.2) is 14.7 Å². The van der Waals surface area contributed by atoms with E-state index in [1.807, 2.05) is 0 Å². The number of carbonyl (C=O) groups excluding carboxylic acids is 1. The van der Waals surface area contributed by atoms with Gasteiger partial charge in [-0.25, -0.2) is 8.42 Å². The first kappa shape index (κ1) is 36.8. The van der Waals surface area contributed by atoms with Crippen LogP contribution in [0.4, 0.5) is 26.3 Å². The van der Waals surface area contributed by atoms with Gasteiger partial charge in [-0.3, -0.25) is 4.79 Å². The van der Waals surface area contributed by atoms with Gasteiger partial charge in [-0.15, -0.1) is 0 Å². The van der Waals surface area contributed by atoms with E-state index in [-0.39, 0.29) is 17.8 Å². The lowest BCUT2D eigenvalue weighted by Gasteiger charge is -2.49. The molecule has 4 saturated carbocycles. The number of alkyl halides is 6. The molecule has 0 N–H and O–H groups in total. The number of rotatable bonds is 6. The SMILES string of the molecule is C1C2CC3CC1CC(C2)C3.CC(=O)OC(CS(=O)(=O)[O-])(C(F)(F)F)C(F)(F)F.c1ccc([S+](c2ccccc2)c2ccccc2)cc1. The Hall–Kier alpha value is -3.03. The second-order valence-corrected chi connectivity index (χ2v) is 15.7. The zero-order valence-electron chi connectivity index (χ0n) is 25.5. The normalized spacial score (nSPS) is 22.1. The molecule has 4 aliphatic carbocycles. The van der Waals surface area contributed by atoms with Crippen LogP contribution in [-0.2, 0) is 30.5 Å². The van der Waals surface area contributed by atoms with Crippen LogP contribution in [0.3, 0.4) is 0 Å². The molecule has 0 radical (unpaired) electrons. The predicted molar refractivity (Wildman–Crippen MR) is 164 cm³/mol. The van der Waals surface area contributed by atoms with Crippen molar-refractivity contribution < 1.29 is 48.8 Å². The Morgan fingerprint density at radius 2 is 0.936 bits per heavy atom. The van der Waals surface area contributed by atoms with Crippen molar-refractivity contribution in [3.63, 3.8) is 0 Å². The van der Waals surface area contributed by atoms with Crippen LogP contribution in [0.5, 0.6) is 0 Å². The molecule has 3 aromatic rings. The summed E-state index contributed by atoms with van der Waals surface area (Å²) in [6, 6.07) is 32.2. The van der Waals surface area contributed by atoms with Crippen LogP contribution < -0.4 is 0 Å². The predicted octanol–water partition coefficient (Wildman–Crippen LogP) is 8.57. The Kier molecular flexibility index (Phi) is 11.8. The summed E-state index contributed by atoms with van der Waals surface area (Å²) in [7, 11) is -5.98. The van der Waals surface area contributed by atoms with E-state index in [4.69, 9.17) is 0 Å². The number of hydrogen-bond acceptors (Lipinski definition) is 5. The molecule has 47 heavy (non-hydrogen) atoms. The highest BCUT2D eigenvalue weighted by atomic mass is 32.2. The van der Waals surface area contributed by atoms with Crippen LogP contribution in [0.1, 0.15) is 45.4 Å². The third kappa shape index (κ3) is 9.76. The number of hydrogen-bond donors (Lipinski definition) is 0. The van der Waals surface area contributed by atoms with Crippen molar-refractivity contribution in [3.8, 4) is 0 Å². The summed E-state index contributed by atoms with van der Waals surface area (Å²) < 4.78 is 108. The minimum atomic E-state index is -6.31. The third-order valence-corrected chi connectivity index (χ3v) is 11.5. The molecular weight excluding hydrogens is 666 g/mol. The van der Waals surface area contributed by atoms with Gasteiger partial charge in [0.1, 0.15) is 0 Å². The minimum Gasteiger partial charge on any atom is -0.748 e.